The second kappa shape index (κ2) is 7.98. The van der Waals surface area contributed by atoms with Crippen LogP contribution in [0, 0.1) is 20.2 Å². The first-order chi connectivity index (χ1) is 11.3. The molecule has 0 aromatic heterocycles. The summed E-state index contributed by atoms with van der Waals surface area (Å²) in [5.74, 6) is -0.128. The van der Waals surface area contributed by atoms with Gasteiger partial charge < -0.3 is 10.4 Å². The van der Waals surface area contributed by atoms with Gasteiger partial charge in [-0.1, -0.05) is 48.5 Å². The fourth-order valence-corrected chi connectivity index (χ4v) is 2.05. The van der Waals surface area contributed by atoms with Gasteiger partial charge in [-0.2, -0.15) is 0 Å². The Morgan fingerprint density at radius 1 is 0.625 bits per heavy atom. The Morgan fingerprint density at radius 3 is 0.958 bits per heavy atom. The van der Waals surface area contributed by atoms with Crippen LogP contribution in [0.4, 0.5) is 0 Å². The monoisotopic (exact) mass is 334 g/mol. The van der Waals surface area contributed by atoms with Gasteiger partial charge in [0.05, 0.1) is 0 Å². The highest BCUT2D eigenvalue weighted by molar-refractivity contribution is 6.28. The predicted molar refractivity (Wildman–Crippen MR) is 77.3 cm³/mol. The van der Waals surface area contributed by atoms with Crippen molar-refractivity contribution in [1.82, 2.24) is 0 Å². The van der Waals surface area contributed by atoms with Crippen LogP contribution in [0.15, 0.2) is 48.5 Å². The molecule has 0 unspecified atom stereocenters. The second-order valence-electron chi connectivity index (χ2n) is 4.23. The molecule has 124 valence electrons. The zero-order chi connectivity index (χ0) is 18.3. The van der Waals surface area contributed by atoms with Crippen LogP contribution in [0.2, 0.25) is 0 Å². The number of hydrogen-bond acceptors (Lipinski definition) is 6. The van der Waals surface area contributed by atoms with Gasteiger partial charge in [0.25, 0.3) is 10.2 Å². The summed E-state index contributed by atoms with van der Waals surface area (Å²) in [6, 6.07) is 13.9. The lowest BCUT2D eigenvalue weighted by Crippen LogP contribution is -2.20. The summed E-state index contributed by atoms with van der Waals surface area (Å²) >= 11 is 0. The number of hydrogen-bond donors (Lipinski definition) is 2. The van der Waals surface area contributed by atoms with Crippen LogP contribution in [0.5, 0.6) is 0 Å². The summed E-state index contributed by atoms with van der Waals surface area (Å²) in [4.78, 5) is 40.9. The maximum absolute atomic E-state index is 12.1. The Bertz CT molecular complexity index is 677. The molecule has 0 heterocycles. The van der Waals surface area contributed by atoms with E-state index >= 15 is 0 Å². The van der Waals surface area contributed by atoms with E-state index in [1.165, 1.54) is 0 Å². The minimum Gasteiger partial charge on any atom is -0.328 e. The van der Waals surface area contributed by atoms with E-state index in [1.807, 2.05) is 0 Å². The van der Waals surface area contributed by atoms with Gasteiger partial charge in [0.2, 0.25) is 0 Å². The van der Waals surface area contributed by atoms with Crippen LogP contribution in [0.25, 0.3) is 0 Å². The molecule has 2 N–H and O–H groups in total. The van der Waals surface area contributed by atoms with Crippen LogP contribution in [0.3, 0.4) is 0 Å². The molecule has 1 aliphatic rings. The SMILES string of the molecule is O=C1c2ccccc2C(=O)c2ccccc21.O=[N+]([O-])O.O=[N+]([O-])O. The van der Waals surface area contributed by atoms with Crippen LogP contribution < -0.4 is 0 Å². The lowest BCUT2D eigenvalue weighted by Gasteiger charge is -2.16. The fourth-order valence-electron chi connectivity index (χ4n) is 2.05. The molecule has 2 aromatic rings. The highest BCUT2D eigenvalue weighted by Crippen LogP contribution is 2.26. The summed E-state index contributed by atoms with van der Waals surface area (Å²) in [5, 5.41) is 27.3. The van der Waals surface area contributed by atoms with E-state index in [2.05, 4.69) is 0 Å². The minimum atomic E-state index is -1.50. The number of fused-ring (bicyclic) bond motifs is 2. The van der Waals surface area contributed by atoms with E-state index in [0.717, 1.165) is 0 Å². The van der Waals surface area contributed by atoms with Crippen molar-refractivity contribution >= 4 is 11.6 Å². The first kappa shape index (κ1) is 18.2. The molecule has 1 aliphatic carbocycles. The van der Waals surface area contributed by atoms with Crippen LogP contribution in [-0.4, -0.2) is 32.2 Å². The summed E-state index contributed by atoms with van der Waals surface area (Å²) in [6.07, 6.45) is 0. The van der Waals surface area contributed by atoms with Crippen molar-refractivity contribution in [2.24, 2.45) is 0 Å². The van der Waals surface area contributed by atoms with Gasteiger partial charge in [-0.3, -0.25) is 9.59 Å². The van der Waals surface area contributed by atoms with Gasteiger partial charge in [0.15, 0.2) is 11.6 Å². The minimum absolute atomic E-state index is 0.0641. The van der Waals surface area contributed by atoms with Crippen molar-refractivity contribution in [3.63, 3.8) is 0 Å². The molecule has 3 rings (SSSR count). The molecule has 10 nitrogen and oxygen atoms in total. The van der Waals surface area contributed by atoms with E-state index in [0.29, 0.717) is 22.3 Å². The van der Waals surface area contributed by atoms with Gasteiger partial charge in [0.1, 0.15) is 0 Å². The average molecular weight is 334 g/mol. The zero-order valence-electron chi connectivity index (χ0n) is 11.9. The highest BCUT2D eigenvalue weighted by Gasteiger charge is 2.28. The number of carbonyl (C=O) groups excluding carboxylic acids is 2. The normalized spacial score (nSPS) is 10.8. The standard InChI is InChI=1S/C14H8O2.2HNO3/c15-13-9-5-1-2-6-10(9)14(16)12-8-4-3-7-11(12)13;2*2-1(3)4/h1-8H;2*(H,2,3,4). The topological polar surface area (TPSA) is 161 Å². The van der Waals surface area contributed by atoms with Gasteiger partial charge in [-0.05, 0) is 0 Å². The van der Waals surface area contributed by atoms with E-state index in [4.69, 9.17) is 30.6 Å². The maximum Gasteiger partial charge on any atom is 0.291 e. The first-order valence-electron chi connectivity index (χ1n) is 6.19. The zero-order valence-corrected chi connectivity index (χ0v) is 11.9. The fraction of sp³-hybridized carbons (Fsp3) is 0. The highest BCUT2D eigenvalue weighted by atomic mass is 16.9. The Labute approximate surface area is 133 Å². The van der Waals surface area contributed by atoms with Gasteiger partial charge >= 0.3 is 0 Å². The number of carbonyl (C=O) groups is 2. The molecule has 0 atom stereocenters. The lowest BCUT2D eigenvalue weighted by molar-refractivity contribution is -0.742. The van der Waals surface area contributed by atoms with E-state index in [-0.39, 0.29) is 11.6 Å². The van der Waals surface area contributed by atoms with Crippen molar-refractivity contribution in [3.05, 3.63) is 91.0 Å². The van der Waals surface area contributed by atoms with Crippen LogP contribution in [-0.2, 0) is 0 Å². The maximum atomic E-state index is 12.1. The average Bonchev–Trinajstić information content (AvgIpc) is 2.52. The molecule has 24 heavy (non-hydrogen) atoms. The molecule has 0 aliphatic heterocycles. The Morgan fingerprint density at radius 2 is 0.792 bits per heavy atom. The summed E-state index contributed by atoms with van der Waals surface area (Å²) < 4.78 is 0. The van der Waals surface area contributed by atoms with Crippen LogP contribution in [0.1, 0.15) is 31.8 Å². The lowest BCUT2D eigenvalue weighted by atomic mass is 9.84. The van der Waals surface area contributed by atoms with Gasteiger partial charge in [0, 0.05) is 22.3 Å². The van der Waals surface area contributed by atoms with Crippen molar-refractivity contribution in [1.29, 1.82) is 0 Å². The third-order valence-electron chi connectivity index (χ3n) is 2.83. The summed E-state index contributed by atoms with van der Waals surface area (Å²) in [7, 11) is 0. The van der Waals surface area contributed by atoms with Crippen molar-refractivity contribution in [2.75, 3.05) is 0 Å². The van der Waals surface area contributed by atoms with Crippen LogP contribution >= 0.6 is 0 Å². The number of rotatable bonds is 0. The van der Waals surface area contributed by atoms with Gasteiger partial charge in [-0.15, -0.1) is 20.2 Å². The molecular weight excluding hydrogens is 324 g/mol. The third kappa shape index (κ3) is 4.59. The van der Waals surface area contributed by atoms with E-state index < -0.39 is 10.2 Å². The smallest absolute Gasteiger partial charge is 0.291 e. The quantitative estimate of drug-likeness (QED) is 0.464. The molecule has 2 aromatic carbocycles. The van der Waals surface area contributed by atoms with E-state index in [1.54, 1.807) is 48.5 Å². The van der Waals surface area contributed by atoms with Crippen molar-refractivity contribution in [3.8, 4) is 0 Å². The predicted octanol–water partition coefficient (Wildman–Crippen LogP) is 1.77. The second-order valence-corrected chi connectivity index (χ2v) is 4.23. The molecule has 0 bridgehead atoms. The molecule has 10 heteroatoms. The largest absolute Gasteiger partial charge is 0.328 e. The summed E-state index contributed by atoms with van der Waals surface area (Å²) in [6.45, 7) is 0. The Kier molecular flexibility index (Phi) is 6.06. The third-order valence-corrected chi connectivity index (χ3v) is 2.83. The van der Waals surface area contributed by atoms with Gasteiger partial charge in [-0.25, -0.2) is 0 Å². The Balaban J connectivity index is 0.000000306. The first-order valence-corrected chi connectivity index (χ1v) is 6.19. The number of benzene rings is 2. The number of ketones is 2. The van der Waals surface area contributed by atoms with Crippen molar-refractivity contribution < 1.29 is 30.2 Å². The van der Waals surface area contributed by atoms with E-state index in [9.17, 15) is 9.59 Å². The molecule has 0 saturated heterocycles. The molecule has 0 saturated carbocycles. The molecule has 0 radical (unpaired) electrons. The van der Waals surface area contributed by atoms with Crippen molar-refractivity contribution in [2.45, 2.75) is 0 Å². The molecule has 0 fully saturated rings. The Hall–Kier alpha value is -3.82. The molecule has 0 spiro atoms. The molecular formula is C14H10N2O8. The number of nitrogens with zero attached hydrogens (tertiary/aromatic N) is 2. The molecule has 0 amide bonds. The summed E-state index contributed by atoms with van der Waals surface area (Å²) in [5.41, 5.74) is 2.02.